The van der Waals surface area contributed by atoms with Gasteiger partial charge in [0.1, 0.15) is 5.82 Å². The molecular weight excluding hydrogens is 299 g/mol. The molecule has 0 spiro atoms. The molecule has 0 saturated carbocycles. The molecule has 3 aromatic rings. The molecule has 3 rings (SSSR count). The number of carbonyl (C=O) groups is 1. The minimum Gasteiger partial charge on any atom is -0.311 e. The summed E-state index contributed by atoms with van der Waals surface area (Å²) in [5.74, 6) is -1.01. The number of hydroxylamine groups is 1. The molecule has 23 heavy (non-hydrogen) atoms. The third-order valence-electron chi connectivity index (χ3n) is 3.61. The second kappa shape index (κ2) is 6.02. The summed E-state index contributed by atoms with van der Waals surface area (Å²) < 4.78 is 14.4. The van der Waals surface area contributed by atoms with Crippen LogP contribution < -0.4 is 11.0 Å². The lowest BCUT2D eigenvalue weighted by Gasteiger charge is -2.08. The van der Waals surface area contributed by atoms with E-state index in [0.717, 1.165) is 5.56 Å². The van der Waals surface area contributed by atoms with E-state index >= 15 is 0 Å². The predicted octanol–water partition coefficient (Wildman–Crippen LogP) is 2.31. The number of fused-ring (bicyclic) bond motifs is 1. The van der Waals surface area contributed by atoms with Crippen molar-refractivity contribution in [2.24, 2.45) is 0 Å². The van der Waals surface area contributed by atoms with Gasteiger partial charge in [-0.15, -0.1) is 0 Å². The van der Waals surface area contributed by atoms with Crippen molar-refractivity contribution < 1.29 is 14.4 Å². The van der Waals surface area contributed by atoms with Crippen molar-refractivity contribution in [1.29, 1.82) is 0 Å². The van der Waals surface area contributed by atoms with Crippen LogP contribution in [0.25, 0.3) is 10.8 Å². The Kier molecular flexibility index (Phi) is 3.91. The van der Waals surface area contributed by atoms with E-state index in [1.54, 1.807) is 35.9 Å². The summed E-state index contributed by atoms with van der Waals surface area (Å²) in [6.07, 6.45) is 1.65. The zero-order valence-corrected chi connectivity index (χ0v) is 12.0. The Morgan fingerprint density at radius 3 is 2.57 bits per heavy atom. The highest BCUT2D eigenvalue weighted by Gasteiger charge is 2.09. The first-order valence-corrected chi connectivity index (χ1v) is 6.90. The Bertz CT molecular complexity index is 933. The lowest BCUT2D eigenvalue weighted by Crippen LogP contribution is -2.22. The summed E-state index contributed by atoms with van der Waals surface area (Å²) in [6.45, 7) is 0.297. The summed E-state index contributed by atoms with van der Waals surface area (Å²) in [7, 11) is 0. The number of halogens is 1. The molecule has 2 N–H and O–H groups in total. The molecule has 0 aliphatic rings. The number of hydrogen-bond donors (Lipinski definition) is 2. The van der Waals surface area contributed by atoms with Crippen LogP contribution in [0.3, 0.4) is 0 Å². The molecule has 0 fully saturated rings. The van der Waals surface area contributed by atoms with Gasteiger partial charge in [-0.25, -0.2) is 9.87 Å². The molecule has 0 radical (unpaired) electrons. The first-order chi connectivity index (χ1) is 11.1. The number of benzene rings is 2. The molecular formula is C17H13FN2O3. The molecule has 0 unspecified atom stereocenters. The van der Waals surface area contributed by atoms with E-state index in [9.17, 15) is 14.0 Å². The monoisotopic (exact) mass is 312 g/mol. The van der Waals surface area contributed by atoms with E-state index in [-0.39, 0.29) is 16.9 Å². The van der Waals surface area contributed by atoms with Gasteiger partial charge in [-0.3, -0.25) is 14.8 Å². The summed E-state index contributed by atoms with van der Waals surface area (Å²) >= 11 is 0. The lowest BCUT2D eigenvalue weighted by atomic mass is 10.1. The Labute approximate surface area is 130 Å². The Balaban J connectivity index is 2.04. The molecule has 0 atom stereocenters. The maximum atomic E-state index is 12.9. The third-order valence-corrected chi connectivity index (χ3v) is 3.61. The number of nitrogens with one attached hydrogen (secondary N) is 1. The van der Waals surface area contributed by atoms with Crippen LogP contribution in [0.1, 0.15) is 15.9 Å². The number of hydrogen-bond acceptors (Lipinski definition) is 3. The third kappa shape index (κ3) is 2.97. The highest BCUT2D eigenvalue weighted by atomic mass is 19.1. The van der Waals surface area contributed by atoms with Crippen LogP contribution in [0.15, 0.2) is 59.5 Å². The maximum absolute atomic E-state index is 12.9. The summed E-state index contributed by atoms with van der Waals surface area (Å²) in [6, 6.07) is 12.3. The van der Waals surface area contributed by atoms with E-state index in [1.807, 2.05) is 0 Å². The van der Waals surface area contributed by atoms with Crippen LogP contribution in [0, 0.1) is 5.82 Å². The van der Waals surface area contributed by atoms with E-state index in [1.165, 1.54) is 28.8 Å². The van der Waals surface area contributed by atoms with Gasteiger partial charge in [0.15, 0.2) is 0 Å². The van der Waals surface area contributed by atoms with Crippen LogP contribution in [-0.2, 0) is 6.54 Å². The molecule has 1 amide bonds. The van der Waals surface area contributed by atoms with Crippen molar-refractivity contribution in [3.8, 4) is 0 Å². The minimum atomic E-state index is -0.680. The number of nitrogens with zero attached hydrogens (tertiary/aromatic N) is 1. The molecule has 2 aromatic carbocycles. The Morgan fingerprint density at radius 1 is 1.13 bits per heavy atom. The minimum absolute atomic E-state index is 0.191. The lowest BCUT2D eigenvalue weighted by molar-refractivity contribution is 0.0706. The van der Waals surface area contributed by atoms with Crippen LogP contribution in [0.4, 0.5) is 4.39 Å². The van der Waals surface area contributed by atoms with Crippen molar-refractivity contribution in [2.75, 3.05) is 0 Å². The summed E-state index contributed by atoms with van der Waals surface area (Å²) in [4.78, 5) is 24.0. The van der Waals surface area contributed by atoms with Crippen LogP contribution in [0.2, 0.25) is 0 Å². The smallest absolute Gasteiger partial charge is 0.274 e. The second-order valence-electron chi connectivity index (χ2n) is 5.12. The van der Waals surface area contributed by atoms with Gasteiger partial charge < -0.3 is 4.57 Å². The van der Waals surface area contributed by atoms with Crippen LogP contribution in [0.5, 0.6) is 0 Å². The molecule has 0 bridgehead atoms. The van der Waals surface area contributed by atoms with E-state index in [2.05, 4.69) is 0 Å². The average Bonchev–Trinajstić information content (AvgIpc) is 2.58. The first kappa shape index (κ1) is 14.9. The fourth-order valence-electron chi connectivity index (χ4n) is 2.40. The number of amides is 1. The fraction of sp³-hybridized carbons (Fsp3) is 0.0588. The normalized spacial score (nSPS) is 10.7. The summed E-state index contributed by atoms with van der Waals surface area (Å²) in [5.41, 5.74) is 2.26. The van der Waals surface area contributed by atoms with Gasteiger partial charge in [0.05, 0.1) is 6.54 Å². The van der Waals surface area contributed by atoms with Crippen LogP contribution in [-0.4, -0.2) is 15.7 Å². The highest BCUT2D eigenvalue weighted by molar-refractivity contribution is 5.97. The standard InChI is InChI=1S/C17H13FN2O3/c18-14-5-1-11(2-6-14)10-20-8-7-12-3-4-13(16(21)19-23)9-15(12)17(20)22/h1-9,23H,10H2,(H,19,21). The number of pyridine rings is 1. The zero-order chi connectivity index (χ0) is 16.4. The van der Waals surface area contributed by atoms with Crippen molar-refractivity contribution in [1.82, 2.24) is 10.0 Å². The zero-order valence-electron chi connectivity index (χ0n) is 12.0. The van der Waals surface area contributed by atoms with E-state index in [4.69, 9.17) is 5.21 Å². The van der Waals surface area contributed by atoms with Crippen LogP contribution >= 0.6 is 0 Å². The van der Waals surface area contributed by atoms with Gasteiger partial charge in [-0.1, -0.05) is 18.2 Å². The highest BCUT2D eigenvalue weighted by Crippen LogP contribution is 2.13. The Morgan fingerprint density at radius 2 is 1.87 bits per heavy atom. The number of carbonyl (C=O) groups excluding carboxylic acids is 1. The second-order valence-corrected chi connectivity index (χ2v) is 5.12. The van der Waals surface area contributed by atoms with Gasteiger partial charge in [0, 0.05) is 17.1 Å². The van der Waals surface area contributed by atoms with E-state index < -0.39 is 5.91 Å². The molecule has 1 aromatic heterocycles. The molecule has 0 saturated heterocycles. The number of rotatable bonds is 3. The quantitative estimate of drug-likeness (QED) is 0.576. The van der Waals surface area contributed by atoms with Crippen molar-refractivity contribution >= 4 is 16.7 Å². The molecule has 116 valence electrons. The molecule has 6 heteroatoms. The van der Waals surface area contributed by atoms with Gasteiger partial charge in [0.25, 0.3) is 11.5 Å². The van der Waals surface area contributed by atoms with Gasteiger partial charge in [-0.2, -0.15) is 0 Å². The molecule has 0 aliphatic heterocycles. The molecule has 5 nitrogen and oxygen atoms in total. The fourth-order valence-corrected chi connectivity index (χ4v) is 2.40. The van der Waals surface area contributed by atoms with Crippen molar-refractivity contribution in [2.45, 2.75) is 6.54 Å². The average molecular weight is 312 g/mol. The van der Waals surface area contributed by atoms with Crippen molar-refractivity contribution in [3.05, 3.63) is 82.0 Å². The predicted molar refractivity (Wildman–Crippen MR) is 83.0 cm³/mol. The molecule has 1 heterocycles. The van der Waals surface area contributed by atoms with Gasteiger partial charge in [0.2, 0.25) is 0 Å². The summed E-state index contributed by atoms with van der Waals surface area (Å²) in [5, 5.41) is 9.75. The number of aromatic nitrogens is 1. The maximum Gasteiger partial charge on any atom is 0.274 e. The largest absolute Gasteiger partial charge is 0.311 e. The first-order valence-electron chi connectivity index (χ1n) is 6.90. The van der Waals surface area contributed by atoms with Crippen molar-refractivity contribution in [3.63, 3.8) is 0 Å². The van der Waals surface area contributed by atoms with E-state index in [0.29, 0.717) is 17.3 Å². The SMILES string of the molecule is O=C(NO)c1ccc2ccn(Cc3ccc(F)cc3)c(=O)c2c1. The topological polar surface area (TPSA) is 71.3 Å². The Hall–Kier alpha value is -2.99. The molecule has 0 aliphatic carbocycles. The van der Waals surface area contributed by atoms with Gasteiger partial charge >= 0.3 is 0 Å². The van der Waals surface area contributed by atoms with Gasteiger partial charge in [-0.05, 0) is 41.3 Å².